The van der Waals surface area contributed by atoms with Gasteiger partial charge in [-0.3, -0.25) is 0 Å². The first-order valence-electron chi connectivity index (χ1n) is 7.84. The van der Waals surface area contributed by atoms with Gasteiger partial charge in [0.15, 0.2) is 5.96 Å². The highest BCUT2D eigenvalue weighted by Gasteiger charge is 2.08. The van der Waals surface area contributed by atoms with Crippen molar-refractivity contribution in [1.82, 2.24) is 20.2 Å². The molecule has 0 bridgehead atoms. The summed E-state index contributed by atoms with van der Waals surface area (Å²) in [5.41, 5.74) is 1.32. The molecule has 7 heteroatoms. The number of hydrogen-bond donors (Lipinski definition) is 2. The first kappa shape index (κ1) is 20.4. The van der Waals surface area contributed by atoms with E-state index in [1.54, 1.807) is 23.0 Å². The predicted octanol–water partition coefficient (Wildman–Crippen LogP) is 3.40. The van der Waals surface area contributed by atoms with E-state index in [1.807, 2.05) is 19.9 Å². The minimum atomic E-state index is -0.277. The van der Waals surface area contributed by atoms with Crippen molar-refractivity contribution in [2.24, 2.45) is 4.99 Å². The van der Waals surface area contributed by atoms with Gasteiger partial charge in [0.2, 0.25) is 0 Å². The summed E-state index contributed by atoms with van der Waals surface area (Å²) in [6.07, 6.45) is 3.41. The molecule has 0 fully saturated rings. The molecule has 2 N–H and O–H groups in total. The molecule has 0 aliphatic heterocycles. The fraction of sp³-hybridized carbons (Fsp3) is 0.412. The molecule has 0 radical (unpaired) electrons. The maximum Gasteiger partial charge on any atom is 0.191 e. The molecule has 1 aromatic heterocycles. The fourth-order valence-corrected chi connectivity index (χ4v) is 2.24. The molecule has 2 aromatic rings. The number of imidazole rings is 1. The lowest BCUT2D eigenvalue weighted by atomic mass is 10.2. The zero-order valence-corrected chi connectivity index (χ0v) is 16.8. The summed E-state index contributed by atoms with van der Waals surface area (Å²) in [7, 11) is 0. The lowest BCUT2D eigenvalue weighted by molar-refractivity contribution is 0.614. The number of rotatable bonds is 5. The van der Waals surface area contributed by atoms with Crippen LogP contribution in [-0.4, -0.2) is 28.1 Å². The fourth-order valence-electron chi connectivity index (χ4n) is 2.24. The molecular weight excluding hydrogens is 420 g/mol. The van der Waals surface area contributed by atoms with Crippen LogP contribution in [0.4, 0.5) is 4.39 Å². The Kier molecular flexibility index (Phi) is 8.17. The molecule has 0 saturated carbocycles. The molecule has 0 amide bonds. The van der Waals surface area contributed by atoms with Gasteiger partial charge in [-0.2, -0.15) is 0 Å². The van der Waals surface area contributed by atoms with Gasteiger partial charge in [0.1, 0.15) is 11.6 Å². The standard InChI is InChI=1S/C17H24FN5.HI/c1-5-19-17(22-12(2)3)21-11-14-6-7-16(15(18)10-14)23-9-8-20-13(23)4;/h6-10,12H,5,11H2,1-4H3,(H2,19,21,22);1H. The summed E-state index contributed by atoms with van der Waals surface area (Å²) < 4.78 is 16.1. The van der Waals surface area contributed by atoms with Crippen LogP contribution in [0.25, 0.3) is 5.69 Å². The van der Waals surface area contributed by atoms with E-state index in [9.17, 15) is 4.39 Å². The average molecular weight is 445 g/mol. The largest absolute Gasteiger partial charge is 0.357 e. The van der Waals surface area contributed by atoms with Crippen molar-refractivity contribution in [2.75, 3.05) is 6.54 Å². The first-order valence-corrected chi connectivity index (χ1v) is 7.84. The van der Waals surface area contributed by atoms with Crippen LogP contribution in [0.5, 0.6) is 0 Å². The summed E-state index contributed by atoms with van der Waals surface area (Å²) in [4.78, 5) is 8.61. The van der Waals surface area contributed by atoms with Crippen LogP contribution in [0.2, 0.25) is 0 Å². The number of guanidine groups is 1. The van der Waals surface area contributed by atoms with Crippen molar-refractivity contribution in [1.29, 1.82) is 0 Å². The summed E-state index contributed by atoms with van der Waals surface area (Å²) in [5, 5.41) is 6.41. The third kappa shape index (κ3) is 5.47. The Morgan fingerprint density at radius 3 is 2.67 bits per heavy atom. The molecule has 132 valence electrons. The molecule has 0 unspecified atom stereocenters. The van der Waals surface area contributed by atoms with E-state index in [0.717, 1.165) is 23.9 Å². The molecule has 5 nitrogen and oxygen atoms in total. The zero-order chi connectivity index (χ0) is 16.8. The van der Waals surface area contributed by atoms with Gasteiger partial charge in [-0.05, 0) is 45.4 Å². The zero-order valence-electron chi connectivity index (χ0n) is 14.5. The molecule has 0 saturated heterocycles. The lowest BCUT2D eigenvalue weighted by Crippen LogP contribution is -2.41. The SMILES string of the molecule is CCNC(=NCc1ccc(-n2ccnc2C)c(F)c1)NC(C)C.I. The van der Waals surface area contributed by atoms with Crippen LogP contribution in [0.15, 0.2) is 35.6 Å². The molecule has 0 spiro atoms. The highest BCUT2D eigenvalue weighted by Crippen LogP contribution is 2.17. The van der Waals surface area contributed by atoms with Crippen LogP contribution in [0.1, 0.15) is 32.2 Å². The molecule has 2 rings (SSSR count). The van der Waals surface area contributed by atoms with Crippen LogP contribution in [0.3, 0.4) is 0 Å². The van der Waals surface area contributed by atoms with Gasteiger partial charge in [0, 0.05) is 25.0 Å². The van der Waals surface area contributed by atoms with Crippen molar-refractivity contribution < 1.29 is 4.39 Å². The minimum Gasteiger partial charge on any atom is -0.357 e. The second-order valence-electron chi connectivity index (χ2n) is 5.62. The van der Waals surface area contributed by atoms with Gasteiger partial charge in [-0.25, -0.2) is 14.4 Å². The van der Waals surface area contributed by atoms with Gasteiger partial charge in [-0.1, -0.05) is 6.07 Å². The summed E-state index contributed by atoms with van der Waals surface area (Å²) in [6, 6.07) is 5.46. The van der Waals surface area contributed by atoms with E-state index < -0.39 is 0 Å². The molecule has 1 heterocycles. The third-order valence-corrected chi connectivity index (χ3v) is 3.29. The van der Waals surface area contributed by atoms with Gasteiger partial charge >= 0.3 is 0 Å². The van der Waals surface area contributed by atoms with Gasteiger partial charge in [0.25, 0.3) is 0 Å². The monoisotopic (exact) mass is 445 g/mol. The first-order chi connectivity index (χ1) is 11.0. The number of nitrogens with zero attached hydrogens (tertiary/aromatic N) is 3. The number of benzene rings is 1. The average Bonchev–Trinajstić information content (AvgIpc) is 2.90. The normalized spacial score (nSPS) is 11.3. The number of hydrogen-bond acceptors (Lipinski definition) is 2. The van der Waals surface area contributed by atoms with Gasteiger partial charge < -0.3 is 15.2 Å². The van der Waals surface area contributed by atoms with Crippen LogP contribution >= 0.6 is 24.0 Å². The minimum absolute atomic E-state index is 0. The topological polar surface area (TPSA) is 54.2 Å². The van der Waals surface area contributed by atoms with Crippen molar-refractivity contribution in [3.63, 3.8) is 0 Å². The summed E-state index contributed by atoms with van der Waals surface area (Å²) in [5.74, 6) is 1.21. The van der Waals surface area contributed by atoms with Crippen molar-refractivity contribution >= 4 is 29.9 Å². The number of aromatic nitrogens is 2. The van der Waals surface area contributed by atoms with Crippen molar-refractivity contribution in [2.45, 2.75) is 40.3 Å². The van der Waals surface area contributed by atoms with Gasteiger partial charge in [0.05, 0.1) is 12.2 Å². The highest BCUT2D eigenvalue weighted by atomic mass is 127. The molecule has 0 atom stereocenters. The molecule has 1 aromatic carbocycles. The molecular formula is C17H25FIN5. The summed E-state index contributed by atoms with van der Waals surface area (Å²) >= 11 is 0. The Hall–Kier alpha value is -1.64. The van der Waals surface area contributed by atoms with E-state index in [4.69, 9.17) is 0 Å². The predicted molar refractivity (Wildman–Crippen MR) is 107 cm³/mol. The number of nitrogens with one attached hydrogen (secondary N) is 2. The number of aliphatic imine (C=N–C) groups is 1. The maximum absolute atomic E-state index is 14.3. The maximum atomic E-state index is 14.3. The Bertz CT molecular complexity index is 681. The second kappa shape index (κ2) is 9.61. The van der Waals surface area contributed by atoms with Crippen LogP contribution < -0.4 is 10.6 Å². The van der Waals surface area contributed by atoms with Crippen molar-refractivity contribution in [3.8, 4) is 5.69 Å². The smallest absolute Gasteiger partial charge is 0.191 e. The van der Waals surface area contributed by atoms with E-state index in [2.05, 4.69) is 34.5 Å². The van der Waals surface area contributed by atoms with Crippen LogP contribution in [-0.2, 0) is 6.54 Å². The Balaban J connectivity index is 0.00000288. The summed E-state index contributed by atoms with van der Waals surface area (Å²) in [6.45, 7) is 9.16. The van der Waals surface area contributed by atoms with E-state index in [1.165, 1.54) is 6.07 Å². The van der Waals surface area contributed by atoms with Crippen LogP contribution in [0, 0.1) is 12.7 Å². The lowest BCUT2D eigenvalue weighted by Gasteiger charge is -2.14. The molecule has 24 heavy (non-hydrogen) atoms. The second-order valence-corrected chi connectivity index (χ2v) is 5.62. The Morgan fingerprint density at radius 2 is 2.12 bits per heavy atom. The van der Waals surface area contributed by atoms with E-state index >= 15 is 0 Å². The van der Waals surface area contributed by atoms with E-state index in [0.29, 0.717) is 12.2 Å². The number of aryl methyl sites for hydroxylation is 1. The molecule has 0 aliphatic rings. The Morgan fingerprint density at radius 1 is 1.38 bits per heavy atom. The van der Waals surface area contributed by atoms with Crippen molar-refractivity contribution in [3.05, 3.63) is 47.8 Å². The van der Waals surface area contributed by atoms with Gasteiger partial charge in [-0.15, -0.1) is 24.0 Å². The third-order valence-electron chi connectivity index (χ3n) is 3.29. The van der Waals surface area contributed by atoms with E-state index in [-0.39, 0.29) is 35.8 Å². The number of halogens is 2. The quantitative estimate of drug-likeness (QED) is 0.422. The molecule has 0 aliphatic carbocycles. The Labute approximate surface area is 159 Å². The highest BCUT2D eigenvalue weighted by molar-refractivity contribution is 14.0.